The standard InChI is InChI=1S/C18H18NO/c1-2-3-11-20-18-13-19-12-17(18)16-10-6-8-14-7-4-5-9-15(14)16/h4-10,13,19H,2-3,11H2,1H3. The number of rotatable bonds is 5. The second-order valence-corrected chi connectivity index (χ2v) is 4.88. The molecule has 2 aromatic carbocycles. The van der Waals surface area contributed by atoms with Crippen LogP contribution in [0.2, 0.25) is 0 Å². The van der Waals surface area contributed by atoms with Gasteiger partial charge in [0.05, 0.1) is 18.4 Å². The Bertz CT molecular complexity index is 694. The molecule has 2 heteroatoms. The van der Waals surface area contributed by atoms with Gasteiger partial charge in [-0.1, -0.05) is 55.8 Å². The van der Waals surface area contributed by atoms with Crippen LogP contribution < -0.4 is 4.74 Å². The summed E-state index contributed by atoms with van der Waals surface area (Å²) in [5.74, 6) is 0.884. The Balaban J connectivity index is 2.01. The largest absolute Gasteiger partial charge is 0.491 e. The van der Waals surface area contributed by atoms with Crippen LogP contribution in [-0.4, -0.2) is 11.6 Å². The molecule has 1 aromatic heterocycles. The molecular formula is C18H18NO. The number of nitrogens with one attached hydrogen (secondary N) is 1. The summed E-state index contributed by atoms with van der Waals surface area (Å²) >= 11 is 0. The fourth-order valence-corrected chi connectivity index (χ4v) is 2.39. The first kappa shape index (κ1) is 12.8. The predicted molar refractivity (Wildman–Crippen MR) is 83.0 cm³/mol. The zero-order chi connectivity index (χ0) is 13.8. The molecule has 3 rings (SSSR count). The van der Waals surface area contributed by atoms with Crippen molar-refractivity contribution >= 4 is 10.8 Å². The molecule has 0 aliphatic rings. The zero-order valence-corrected chi connectivity index (χ0v) is 11.6. The summed E-state index contributed by atoms with van der Waals surface area (Å²) < 4.78 is 5.86. The number of unbranched alkanes of at least 4 members (excludes halogenated alkanes) is 1. The highest BCUT2D eigenvalue weighted by Crippen LogP contribution is 2.34. The van der Waals surface area contributed by atoms with Crippen molar-refractivity contribution < 1.29 is 4.74 Å². The average molecular weight is 264 g/mol. The Morgan fingerprint density at radius 2 is 1.95 bits per heavy atom. The minimum Gasteiger partial charge on any atom is -0.491 e. The van der Waals surface area contributed by atoms with Gasteiger partial charge in [0, 0.05) is 6.20 Å². The highest BCUT2D eigenvalue weighted by atomic mass is 16.5. The molecule has 0 spiro atoms. The molecule has 1 radical (unpaired) electrons. The topological polar surface area (TPSA) is 25.0 Å². The van der Waals surface area contributed by atoms with Crippen molar-refractivity contribution in [2.75, 3.05) is 6.61 Å². The lowest BCUT2D eigenvalue weighted by molar-refractivity contribution is 0.311. The predicted octanol–water partition coefficient (Wildman–Crippen LogP) is 4.81. The lowest BCUT2D eigenvalue weighted by atomic mass is 10.00. The number of aromatic nitrogens is 1. The van der Waals surface area contributed by atoms with Gasteiger partial charge < -0.3 is 9.72 Å². The van der Waals surface area contributed by atoms with Gasteiger partial charge in [0.2, 0.25) is 0 Å². The number of fused-ring (bicyclic) bond motifs is 1. The van der Waals surface area contributed by atoms with Crippen LogP contribution in [0.5, 0.6) is 5.75 Å². The maximum absolute atomic E-state index is 5.86. The van der Waals surface area contributed by atoms with Gasteiger partial charge in [0.25, 0.3) is 0 Å². The molecule has 0 unspecified atom stereocenters. The molecule has 0 atom stereocenters. The maximum atomic E-state index is 5.86. The van der Waals surface area contributed by atoms with E-state index in [0.29, 0.717) is 0 Å². The van der Waals surface area contributed by atoms with E-state index in [0.717, 1.165) is 36.3 Å². The third-order valence-electron chi connectivity index (χ3n) is 3.46. The van der Waals surface area contributed by atoms with Gasteiger partial charge in [-0.15, -0.1) is 0 Å². The number of hydrogen-bond acceptors (Lipinski definition) is 1. The Hall–Kier alpha value is -2.22. The summed E-state index contributed by atoms with van der Waals surface area (Å²) in [7, 11) is 0. The second-order valence-electron chi connectivity index (χ2n) is 4.88. The van der Waals surface area contributed by atoms with Crippen molar-refractivity contribution in [3.63, 3.8) is 0 Å². The van der Waals surface area contributed by atoms with E-state index in [4.69, 9.17) is 4.74 Å². The fraction of sp³-hybridized carbons (Fsp3) is 0.222. The maximum Gasteiger partial charge on any atom is 0.145 e. The van der Waals surface area contributed by atoms with Crippen molar-refractivity contribution in [1.29, 1.82) is 0 Å². The normalized spacial score (nSPS) is 10.8. The first-order valence-electron chi connectivity index (χ1n) is 7.10. The lowest BCUT2D eigenvalue weighted by Crippen LogP contribution is -1.96. The first-order valence-corrected chi connectivity index (χ1v) is 7.10. The molecule has 0 saturated heterocycles. The summed E-state index contributed by atoms with van der Waals surface area (Å²) in [6, 6.07) is 14.7. The number of hydrogen-bond donors (Lipinski definition) is 1. The summed E-state index contributed by atoms with van der Waals surface area (Å²) in [5, 5.41) is 2.46. The Labute approximate surface area is 119 Å². The van der Waals surface area contributed by atoms with E-state index < -0.39 is 0 Å². The molecule has 1 N–H and O–H groups in total. The molecule has 0 fully saturated rings. The van der Waals surface area contributed by atoms with Crippen molar-refractivity contribution in [2.45, 2.75) is 19.8 Å². The van der Waals surface area contributed by atoms with Crippen molar-refractivity contribution in [1.82, 2.24) is 4.98 Å². The van der Waals surface area contributed by atoms with Crippen LogP contribution in [0.1, 0.15) is 19.8 Å². The van der Waals surface area contributed by atoms with E-state index in [1.54, 1.807) is 0 Å². The quantitative estimate of drug-likeness (QED) is 0.657. The number of benzene rings is 2. The molecule has 0 saturated carbocycles. The minimum absolute atomic E-state index is 0.750. The Kier molecular flexibility index (Phi) is 3.73. The van der Waals surface area contributed by atoms with Crippen LogP contribution in [0, 0.1) is 6.20 Å². The number of ether oxygens (including phenoxy) is 1. The fourth-order valence-electron chi connectivity index (χ4n) is 2.39. The van der Waals surface area contributed by atoms with E-state index in [1.807, 2.05) is 6.20 Å². The van der Waals surface area contributed by atoms with Crippen LogP contribution in [0.25, 0.3) is 21.9 Å². The Morgan fingerprint density at radius 1 is 1.10 bits per heavy atom. The summed E-state index contributed by atoms with van der Waals surface area (Å²) in [6.45, 7) is 2.91. The second kappa shape index (κ2) is 5.83. The number of aromatic amines is 1. The van der Waals surface area contributed by atoms with Crippen LogP contribution in [-0.2, 0) is 0 Å². The van der Waals surface area contributed by atoms with Crippen LogP contribution in [0.4, 0.5) is 0 Å². The highest BCUT2D eigenvalue weighted by molar-refractivity contribution is 5.97. The monoisotopic (exact) mass is 264 g/mol. The highest BCUT2D eigenvalue weighted by Gasteiger charge is 2.10. The van der Waals surface area contributed by atoms with Gasteiger partial charge in [-0.05, 0) is 22.8 Å². The number of H-pyrrole nitrogens is 1. The lowest BCUT2D eigenvalue weighted by Gasteiger charge is -2.09. The molecule has 3 aromatic rings. The van der Waals surface area contributed by atoms with Crippen molar-refractivity contribution in [3.8, 4) is 16.9 Å². The van der Waals surface area contributed by atoms with Gasteiger partial charge in [0.1, 0.15) is 5.75 Å². The third-order valence-corrected chi connectivity index (χ3v) is 3.46. The molecule has 0 aliphatic heterocycles. The van der Waals surface area contributed by atoms with Crippen molar-refractivity contribution in [3.05, 3.63) is 54.9 Å². The molecule has 0 amide bonds. The molecule has 101 valence electrons. The van der Waals surface area contributed by atoms with E-state index in [9.17, 15) is 0 Å². The third kappa shape index (κ3) is 2.42. The molecule has 2 nitrogen and oxygen atoms in total. The minimum atomic E-state index is 0.750. The molecule has 0 aliphatic carbocycles. The van der Waals surface area contributed by atoms with Gasteiger partial charge in [0.15, 0.2) is 0 Å². The van der Waals surface area contributed by atoms with Crippen LogP contribution in [0.15, 0.2) is 48.7 Å². The summed E-state index contributed by atoms with van der Waals surface area (Å²) in [6.07, 6.45) is 7.28. The SMILES string of the molecule is CCCCOc1c[nH][c]c1-c1cccc2ccccc12. The van der Waals surface area contributed by atoms with Gasteiger partial charge in [-0.2, -0.15) is 0 Å². The molecular weight excluding hydrogens is 246 g/mol. The van der Waals surface area contributed by atoms with Crippen LogP contribution in [0.3, 0.4) is 0 Å². The summed E-state index contributed by atoms with van der Waals surface area (Å²) in [4.78, 5) is 3.04. The van der Waals surface area contributed by atoms with Crippen LogP contribution >= 0.6 is 0 Å². The van der Waals surface area contributed by atoms with E-state index >= 15 is 0 Å². The van der Waals surface area contributed by atoms with Gasteiger partial charge >= 0.3 is 0 Å². The van der Waals surface area contributed by atoms with Crippen molar-refractivity contribution in [2.24, 2.45) is 0 Å². The van der Waals surface area contributed by atoms with E-state index in [2.05, 4.69) is 60.6 Å². The first-order chi connectivity index (χ1) is 9.90. The molecule has 1 heterocycles. The average Bonchev–Trinajstić information content (AvgIpc) is 2.95. The molecule has 0 bridgehead atoms. The Morgan fingerprint density at radius 3 is 2.85 bits per heavy atom. The van der Waals surface area contributed by atoms with E-state index in [1.165, 1.54) is 10.8 Å². The zero-order valence-electron chi connectivity index (χ0n) is 11.6. The summed E-state index contributed by atoms with van der Waals surface area (Å²) in [5.41, 5.74) is 2.17. The van der Waals surface area contributed by atoms with Gasteiger partial charge in [-0.25, -0.2) is 0 Å². The molecule has 20 heavy (non-hydrogen) atoms. The van der Waals surface area contributed by atoms with Gasteiger partial charge in [-0.3, -0.25) is 0 Å². The van der Waals surface area contributed by atoms with E-state index in [-0.39, 0.29) is 0 Å². The smallest absolute Gasteiger partial charge is 0.145 e.